The lowest BCUT2D eigenvalue weighted by Gasteiger charge is -2.24. The molecular formula is C11H18FN3O2S. The van der Waals surface area contributed by atoms with Gasteiger partial charge in [0.1, 0.15) is 5.82 Å². The summed E-state index contributed by atoms with van der Waals surface area (Å²) in [6.07, 6.45) is 0.530. The molecular weight excluding hydrogens is 257 g/mol. The quantitative estimate of drug-likeness (QED) is 0.774. The fourth-order valence-corrected chi connectivity index (χ4v) is 2.78. The molecule has 0 aliphatic rings. The molecule has 0 heterocycles. The molecule has 1 rings (SSSR count). The number of nitrogens with two attached hydrogens (primary N) is 1. The molecule has 3 N–H and O–H groups in total. The lowest BCUT2D eigenvalue weighted by molar-refractivity contribution is 0.576. The lowest BCUT2D eigenvalue weighted by Crippen LogP contribution is -2.41. The molecule has 7 heteroatoms. The second-order valence-corrected chi connectivity index (χ2v) is 5.37. The number of anilines is 1. The molecule has 5 nitrogen and oxygen atoms in total. The van der Waals surface area contributed by atoms with Crippen LogP contribution in [0.5, 0.6) is 0 Å². The third-order valence-electron chi connectivity index (χ3n) is 2.30. The van der Waals surface area contributed by atoms with Crippen molar-refractivity contribution < 1.29 is 12.8 Å². The van der Waals surface area contributed by atoms with Gasteiger partial charge < -0.3 is 5.73 Å². The second-order valence-electron chi connectivity index (χ2n) is 3.69. The molecule has 0 unspecified atom stereocenters. The van der Waals surface area contributed by atoms with E-state index in [1.54, 1.807) is 6.92 Å². The summed E-state index contributed by atoms with van der Waals surface area (Å²) in [5.74, 6) is -0.404. The van der Waals surface area contributed by atoms with E-state index in [1.807, 2.05) is 0 Å². The van der Waals surface area contributed by atoms with Crippen molar-refractivity contribution in [3.05, 3.63) is 30.1 Å². The van der Waals surface area contributed by atoms with Crippen LogP contribution in [0.2, 0.25) is 0 Å². The van der Waals surface area contributed by atoms with Crippen LogP contribution < -0.4 is 14.8 Å². The summed E-state index contributed by atoms with van der Waals surface area (Å²) < 4.78 is 40.5. The van der Waals surface area contributed by atoms with E-state index in [-0.39, 0.29) is 6.54 Å². The van der Waals surface area contributed by atoms with Gasteiger partial charge in [-0.15, -0.1) is 0 Å². The number of nitrogens with zero attached hydrogens (tertiary/aromatic N) is 1. The van der Waals surface area contributed by atoms with Crippen molar-refractivity contribution in [2.75, 3.05) is 23.9 Å². The first-order valence-electron chi connectivity index (χ1n) is 5.74. The molecule has 0 aromatic heterocycles. The Hall–Kier alpha value is -1.18. The van der Waals surface area contributed by atoms with Gasteiger partial charge in [0.05, 0.1) is 5.69 Å². The van der Waals surface area contributed by atoms with Gasteiger partial charge in [0, 0.05) is 13.1 Å². The van der Waals surface area contributed by atoms with Crippen LogP contribution in [-0.4, -0.2) is 28.1 Å². The Bertz CT molecular complexity index is 462. The summed E-state index contributed by atoms with van der Waals surface area (Å²) in [6, 6.07) is 5.32. The Kier molecular flexibility index (Phi) is 5.52. The SMILES string of the molecule is CCNS(=O)(=O)N(CCCN)c1ccc(F)cc1. The molecule has 1 aromatic rings. The molecule has 0 radical (unpaired) electrons. The Morgan fingerprint density at radius 3 is 2.44 bits per heavy atom. The Labute approximate surface area is 107 Å². The summed E-state index contributed by atoms with van der Waals surface area (Å²) in [5.41, 5.74) is 5.82. The van der Waals surface area contributed by atoms with Crippen molar-refractivity contribution in [1.82, 2.24) is 4.72 Å². The molecule has 0 saturated carbocycles. The third kappa shape index (κ3) is 3.94. The largest absolute Gasteiger partial charge is 0.330 e. The zero-order valence-corrected chi connectivity index (χ0v) is 11.1. The van der Waals surface area contributed by atoms with Gasteiger partial charge in [-0.2, -0.15) is 13.1 Å². The average Bonchev–Trinajstić information content (AvgIpc) is 2.31. The number of hydrogen-bond acceptors (Lipinski definition) is 3. The minimum absolute atomic E-state index is 0.261. The molecule has 0 amide bonds. The maximum absolute atomic E-state index is 12.8. The fourth-order valence-electron chi connectivity index (χ4n) is 1.49. The van der Waals surface area contributed by atoms with Crippen molar-refractivity contribution in [3.8, 4) is 0 Å². The van der Waals surface area contributed by atoms with E-state index >= 15 is 0 Å². The zero-order chi connectivity index (χ0) is 13.6. The molecule has 0 aliphatic carbocycles. The van der Waals surface area contributed by atoms with Crippen molar-refractivity contribution in [3.63, 3.8) is 0 Å². The summed E-state index contributed by atoms with van der Waals surface area (Å²) >= 11 is 0. The highest BCUT2D eigenvalue weighted by Gasteiger charge is 2.20. The van der Waals surface area contributed by atoms with E-state index in [9.17, 15) is 12.8 Å². The zero-order valence-electron chi connectivity index (χ0n) is 10.3. The number of hydrogen-bond donors (Lipinski definition) is 2. The van der Waals surface area contributed by atoms with Crippen LogP contribution in [0, 0.1) is 5.82 Å². The highest BCUT2D eigenvalue weighted by atomic mass is 32.2. The number of rotatable bonds is 7. The van der Waals surface area contributed by atoms with Crippen molar-refractivity contribution in [1.29, 1.82) is 0 Å². The Balaban J connectivity index is 3.01. The minimum Gasteiger partial charge on any atom is -0.330 e. The van der Waals surface area contributed by atoms with Gasteiger partial charge in [0.25, 0.3) is 0 Å². The van der Waals surface area contributed by atoms with Gasteiger partial charge in [0.2, 0.25) is 0 Å². The van der Waals surface area contributed by atoms with Gasteiger partial charge in [-0.05, 0) is 37.2 Å². The van der Waals surface area contributed by atoms with Gasteiger partial charge in [0.15, 0.2) is 0 Å². The molecule has 0 saturated heterocycles. The molecule has 0 atom stereocenters. The van der Waals surface area contributed by atoms with Crippen molar-refractivity contribution in [2.45, 2.75) is 13.3 Å². The second kappa shape index (κ2) is 6.67. The van der Waals surface area contributed by atoms with Crippen LogP contribution in [0.1, 0.15) is 13.3 Å². The highest BCUT2D eigenvalue weighted by Crippen LogP contribution is 2.18. The summed E-state index contributed by atoms with van der Waals surface area (Å²) in [7, 11) is -3.61. The fraction of sp³-hybridized carbons (Fsp3) is 0.455. The molecule has 0 bridgehead atoms. The Morgan fingerprint density at radius 1 is 1.33 bits per heavy atom. The van der Waals surface area contributed by atoms with Crippen LogP contribution in [0.15, 0.2) is 24.3 Å². The molecule has 0 aliphatic heterocycles. The van der Waals surface area contributed by atoms with Crippen LogP contribution in [0.3, 0.4) is 0 Å². The lowest BCUT2D eigenvalue weighted by atomic mass is 10.3. The van der Waals surface area contributed by atoms with Crippen molar-refractivity contribution in [2.24, 2.45) is 5.73 Å². The predicted molar refractivity (Wildman–Crippen MR) is 70.0 cm³/mol. The third-order valence-corrected chi connectivity index (χ3v) is 3.92. The normalized spacial score (nSPS) is 11.5. The van der Waals surface area contributed by atoms with Gasteiger partial charge in [-0.25, -0.2) is 4.39 Å². The minimum atomic E-state index is -3.61. The van der Waals surface area contributed by atoms with E-state index in [4.69, 9.17) is 5.73 Å². The maximum atomic E-state index is 12.8. The summed E-state index contributed by atoms with van der Waals surface area (Å²) in [6.45, 7) is 2.64. The van der Waals surface area contributed by atoms with Crippen LogP contribution >= 0.6 is 0 Å². The predicted octanol–water partition coefficient (Wildman–Crippen LogP) is 0.835. The standard InChI is InChI=1S/C11H18FN3O2S/c1-2-14-18(16,17)15(9-3-8-13)11-6-4-10(12)5-7-11/h4-7,14H,2-3,8-9,13H2,1H3. The Morgan fingerprint density at radius 2 is 1.94 bits per heavy atom. The molecule has 0 fully saturated rings. The smallest absolute Gasteiger partial charge is 0.301 e. The number of halogens is 1. The first-order chi connectivity index (χ1) is 8.51. The highest BCUT2D eigenvalue weighted by molar-refractivity contribution is 7.90. The average molecular weight is 275 g/mol. The topological polar surface area (TPSA) is 75.4 Å². The number of nitrogens with one attached hydrogen (secondary N) is 1. The number of benzene rings is 1. The van der Waals surface area contributed by atoms with E-state index in [0.717, 1.165) is 0 Å². The first-order valence-corrected chi connectivity index (χ1v) is 7.18. The molecule has 0 spiro atoms. The van der Waals surface area contributed by atoms with E-state index < -0.39 is 16.0 Å². The van der Waals surface area contributed by atoms with Crippen molar-refractivity contribution >= 4 is 15.9 Å². The van der Waals surface area contributed by atoms with Crippen LogP contribution in [-0.2, 0) is 10.2 Å². The van der Waals surface area contributed by atoms with E-state index in [2.05, 4.69) is 4.72 Å². The van der Waals surface area contributed by atoms with E-state index in [1.165, 1.54) is 28.6 Å². The van der Waals surface area contributed by atoms with Crippen LogP contribution in [0.4, 0.5) is 10.1 Å². The summed E-state index contributed by atoms with van der Waals surface area (Å²) in [4.78, 5) is 0. The van der Waals surface area contributed by atoms with Gasteiger partial charge in [-0.1, -0.05) is 6.92 Å². The van der Waals surface area contributed by atoms with E-state index in [0.29, 0.717) is 25.2 Å². The maximum Gasteiger partial charge on any atom is 0.301 e. The monoisotopic (exact) mass is 275 g/mol. The molecule has 102 valence electrons. The molecule has 1 aromatic carbocycles. The molecule has 18 heavy (non-hydrogen) atoms. The van der Waals surface area contributed by atoms with Crippen LogP contribution in [0.25, 0.3) is 0 Å². The van der Waals surface area contributed by atoms with Gasteiger partial charge in [-0.3, -0.25) is 4.31 Å². The first kappa shape index (κ1) is 14.9. The van der Waals surface area contributed by atoms with Gasteiger partial charge >= 0.3 is 10.2 Å². The summed E-state index contributed by atoms with van der Waals surface area (Å²) in [5, 5.41) is 0.